The molecule has 18 atom stereocenters. The zero-order valence-electron chi connectivity index (χ0n) is 40.4. The fourth-order valence-corrected chi connectivity index (χ4v) is 10.9. The molecular weight excluding hydrogens is 827 g/mol. The summed E-state index contributed by atoms with van der Waals surface area (Å²) < 4.78 is 38.7. The first-order valence-electron chi connectivity index (χ1n) is 24.3. The molecule has 0 saturated carbocycles. The van der Waals surface area contributed by atoms with Crippen LogP contribution in [0.2, 0.25) is 0 Å². The van der Waals surface area contributed by atoms with Gasteiger partial charge in [-0.2, -0.15) is 0 Å². The van der Waals surface area contributed by atoms with Gasteiger partial charge >= 0.3 is 5.97 Å². The van der Waals surface area contributed by atoms with Crippen LogP contribution in [0.3, 0.4) is 0 Å². The van der Waals surface area contributed by atoms with Crippen LogP contribution >= 0.6 is 0 Å². The highest BCUT2D eigenvalue weighted by atomic mass is 16.7. The van der Waals surface area contributed by atoms with Gasteiger partial charge in [0.2, 0.25) is 0 Å². The summed E-state index contributed by atoms with van der Waals surface area (Å²) in [6, 6.07) is 0.128. The summed E-state index contributed by atoms with van der Waals surface area (Å²) in [6.07, 6.45) is 4.66. The number of nitrogens with zero attached hydrogens (tertiary/aromatic N) is 1. The molecule has 5 aliphatic heterocycles. The van der Waals surface area contributed by atoms with Crippen LogP contribution in [-0.2, 0) is 33.2 Å². The zero-order valence-corrected chi connectivity index (χ0v) is 40.4. The number of hydrogen-bond acceptors (Lipinski definition) is 15. The number of carbonyl (C=O) groups excluding carboxylic acids is 1. The predicted molar refractivity (Wildman–Crippen MR) is 239 cm³/mol. The summed E-state index contributed by atoms with van der Waals surface area (Å²) in [5.74, 6) is -5.49. The van der Waals surface area contributed by atoms with Crippen LogP contribution in [0.4, 0.5) is 0 Å². The Labute approximate surface area is 382 Å². The lowest BCUT2D eigenvalue weighted by Crippen LogP contribution is -2.58. The van der Waals surface area contributed by atoms with Crippen LogP contribution in [0.1, 0.15) is 152 Å². The first-order valence-corrected chi connectivity index (χ1v) is 24.3. The molecule has 370 valence electrons. The van der Waals surface area contributed by atoms with Gasteiger partial charge in [-0.05, 0) is 119 Å². The molecule has 5 heterocycles. The average molecular weight is 912 g/mol. The van der Waals surface area contributed by atoms with Gasteiger partial charge in [-0.15, -0.1) is 0 Å². The Kier molecular flexibility index (Phi) is 18.2. The molecule has 0 amide bonds. The lowest BCUT2D eigenvalue weighted by molar-refractivity contribution is -0.352. The highest BCUT2D eigenvalue weighted by Gasteiger charge is 2.56. The fourth-order valence-electron chi connectivity index (χ4n) is 10.9. The first kappa shape index (κ1) is 53.4. The summed E-state index contributed by atoms with van der Waals surface area (Å²) in [6.45, 7) is 14.0. The summed E-state index contributed by atoms with van der Waals surface area (Å²) >= 11 is 0. The van der Waals surface area contributed by atoms with Crippen molar-refractivity contribution in [1.29, 1.82) is 0 Å². The maximum atomic E-state index is 13.8. The second-order valence-corrected chi connectivity index (χ2v) is 21.4. The molecule has 0 aliphatic carbocycles. The van der Waals surface area contributed by atoms with Crippen molar-refractivity contribution in [2.24, 2.45) is 17.8 Å². The van der Waals surface area contributed by atoms with Gasteiger partial charge in [0.05, 0.1) is 47.8 Å². The lowest BCUT2D eigenvalue weighted by atomic mass is 9.79. The highest BCUT2D eigenvalue weighted by Crippen LogP contribution is 2.49. The van der Waals surface area contributed by atoms with E-state index < -0.39 is 95.2 Å². The minimum atomic E-state index is -2.08. The van der Waals surface area contributed by atoms with Gasteiger partial charge in [0, 0.05) is 49.1 Å². The molecule has 64 heavy (non-hydrogen) atoms. The van der Waals surface area contributed by atoms with E-state index in [1.54, 1.807) is 0 Å². The van der Waals surface area contributed by atoms with Gasteiger partial charge in [-0.3, -0.25) is 0 Å². The molecule has 2 bridgehead atoms. The zero-order chi connectivity index (χ0) is 47.4. The van der Waals surface area contributed by atoms with Gasteiger partial charge in [0.25, 0.3) is 0 Å². The summed E-state index contributed by atoms with van der Waals surface area (Å²) in [5, 5.41) is 81.8. The van der Waals surface area contributed by atoms with Gasteiger partial charge in [0.15, 0.2) is 17.9 Å². The Hall–Kier alpha value is -1.57. The van der Waals surface area contributed by atoms with E-state index in [4.69, 9.17) is 28.4 Å². The highest BCUT2D eigenvalue weighted by molar-refractivity contribution is 5.82. The second kappa shape index (κ2) is 21.8. The van der Waals surface area contributed by atoms with E-state index in [9.17, 15) is 40.5 Å². The summed E-state index contributed by atoms with van der Waals surface area (Å²) in [5.41, 5.74) is -4.43. The van der Waals surface area contributed by atoms with Crippen molar-refractivity contribution in [3.63, 3.8) is 0 Å². The molecule has 7 N–H and O–H groups in total. The third kappa shape index (κ3) is 13.4. The number of aliphatic hydroxyl groups is 7. The summed E-state index contributed by atoms with van der Waals surface area (Å²) in [7, 11) is 3.94. The molecule has 0 aromatic carbocycles. The minimum absolute atomic E-state index is 0.0790. The van der Waals surface area contributed by atoms with Gasteiger partial charge in [0.1, 0.15) is 23.9 Å². The Morgan fingerprint density at radius 1 is 0.859 bits per heavy atom. The maximum absolute atomic E-state index is 13.8. The van der Waals surface area contributed by atoms with E-state index in [1.807, 2.05) is 54.8 Å². The topological polar surface area (TPSA) is 217 Å². The van der Waals surface area contributed by atoms with E-state index in [-0.39, 0.29) is 43.4 Å². The van der Waals surface area contributed by atoms with Crippen LogP contribution in [-0.4, -0.2) is 156 Å². The van der Waals surface area contributed by atoms with Crippen LogP contribution in [0.5, 0.6) is 0 Å². The Bertz CT molecular complexity index is 1550. The molecule has 4 fully saturated rings. The van der Waals surface area contributed by atoms with Crippen molar-refractivity contribution in [2.75, 3.05) is 14.1 Å². The number of allylic oxidation sites excluding steroid dienone is 1. The molecule has 0 aromatic rings. The van der Waals surface area contributed by atoms with E-state index >= 15 is 0 Å². The Morgan fingerprint density at radius 3 is 2.25 bits per heavy atom. The van der Waals surface area contributed by atoms with Crippen molar-refractivity contribution in [3.8, 4) is 0 Å². The average Bonchev–Trinajstić information content (AvgIpc) is 3.45. The van der Waals surface area contributed by atoms with E-state index in [2.05, 4.69) is 11.0 Å². The number of aliphatic hydroxyl groups excluding tert-OH is 4. The number of carbonyl (C=O) groups is 1. The number of fused-ring (bicyclic) bond motifs is 3. The van der Waals surface area contributed by atoms with Gasteiger partial charge < -0.3 is 69.1 Å². The molecular formula is C49H85NO14. The predicted octanol–water partition coefficient (Wildman–Crippen LogP) is 4.78. The normalized spacial score (nSPS) is 46.3. The molecule has 5 aliphatic rings. The van der Waals surface area contributed by atoms with Crippen LogP contribution in [0.25, 0.3) is 0 Å². The molecule has 3 unspecified atom stereocenters. The van der Waals surface area contributed by atoms with Crippen molar-refractivity contribution in [3.05, 3.63) is 24.3 Å². The summed E-state index contributed by atoms with van der Waals surface area (Å²) in [4.78, 5) is 15.8. The minimum Gasteiger partial charge on any atom is -0.459 e. The molecule has 1 spiro atoms. The first-order chi connectivity index (χ1) is 29.8. The molecule has 0 aromatic heterocycles. The van der Waals surface area contributed by atoms with E-state index in [0.29, 0.717) is 44.9 Å². The molecule has 4 saturated heterocycles. The van der Waals surface area contributed by atoms with Crippen molar-refractivity contribution in [2.45, 2.75) is 247 Å². The van der Waals surface area contributed by atoms with Gasteiger partial charge in [-0.25, -0.2) is 4.79 Å². The Balaban J connectivity index is 1.45. The molecule has 15 nitrogen and oxygen atoms in total. The van der Waals surface area contributed by atoms with Crippen molar-refractivity contribution in [1.82, 2.24) is 4.90 Å². The SMILES string of the molecule is CC[C@@H](O)C[C@H]1CCC[C@@]2(C[C@@H]3OC(=O)C=C[C@@](C)(O)[C@@H](O)[C@H](C)[C@H](O)[C@H](OC4CCC(N(C)C)C(C)O4)[C@@H](O)[C@](C)(O)CCCCCC=C[C@@H]4CC(C)(C)O[C@@]4(O)C[C@H](O2)[C@H]3C)O1. The maximum Gasteiger partial charge on any atom is 0.330 e. The molecule has 5 rings (SSSR count). The molecule has 0 radical (unpaired) electrons. The third-order valence-corrected chi connectivity index (χ3v) is 15.0. The largest absolute Gasteiger partial charge is 0.459 e. The number of esters is 1. The van der Waals surface area contributed by atoms with E-state index in [0.717, 1.165) is 44.3 Å². The number of hydrogen-bond donors (Lipinski definition) is 7. The second-order valence-electron chi connectivity index (χ2n) is 21.4. The monoisotopic (exact) mass is 912 g/mol. The van der Waals surface area contributed by atoms with Crippen molar-refractivity contribution >= 4 is 5.97 Å². The fraction of sp³-hybridized carbons (Fsp3) is 0.898. The van der Waals surface area contributed by atoms with E-state index in [1.165, 1.54) is 20.8 Å². The number of likely N-dealkylation sites (N-methyl/N-ethyl adjacent to an activating group) is 1. The van der Waals surface area contributed by atoms with Crippen LogP contribution < -0.4 is 0 Å². The van der Waals surface area contributed by atoms with Gasteiger partial charge in [-0.1, -0.05) is 45.8 Å². The molecule has 15 heteroatoms. The quantitative estimate of drug-likeness (QED) is 0.141. The smallest absolute Gasteiger partial charge is 0.330 e. The number of rotatable bonds is 6. The van der Waals surface area contributed by atoms with Crippen molar-refractivity contribution < 1.29 is 69.0 Å². The van der Waals surface area contributed by atoms with Crippen LogP contribution in [0, 0.1) is 17.8 Å². The Morgan fingerprint density at radius 2 is 1.58 bits per heavy atom. The van der Waals surface area contributed by atoms with Crippen LogP contribution in [0.15, 0.2) is 24.3 Å². The lowest BCUT2D eigenvalue weighted by Gasteiger charge is -2.51. The standard InChI is InChI=1S/C49H85NO14/c1-11-34(51)26-35-19-17-24-48(62-35)28-37-30(2)38(63-48)29-49(58)33(27-45(5,6)64-49)18-15-13-12-14-16-23-46(7,56)44(55)42(61-40-21-20-36(50(9)10)32(4)59-40)41(53)31(3)43(54)47(8,57)25-22-39(52)60-37/h15,18,22,25,30-38,40-44,51,53-58H,11-14,16-17,19-21,23-24,26-29H2,1-10H3/t30-,31+,32?,33+,34+,35+,36?,37-,38-,40?,41-,42-,43-,44+,46+,47+,48+,49-/m0/s1. The third-order valence-electron chi connectivity index (χ3n) is 15.0. The number of ether oxygens (including phenoxy) is 6.